The fourth-order valence-corrected chi connectivity index (χ4v) is 3.81. The summed E-state index contributed by atoms with van der Waals surface area (Å²) >= 11 is 6.38. The molecule has 1 unspecified atom stereocenters. The number of carbonyl (C=O) groups excluding carboxylic acids is 2. The molecule has 1 atom stereocenters. The van der Waals surface area contributed by atoms with Gasteiger partial charge in [0.25, 0.3) is 0 Å². The first kappa shape index (κ1) is 17.5. The molecule has 25 heavy (non-hydrogen) atoms. The Balaban J connectivity index is 1.82. The van der Waals surface area contributed by atoms with Crippen molar-refractivity contribution in [2.24, 2.45) is 5.92 Å². The second-order valence-corrected chi connectivity index (χ2v) is 6.96. The minimum Gasteiger partial charge on any atom is -0.315 e. The molecule has 1 heterocycles. The van der Waals surface area contributed by atoms with Crippen molar-refractivity contribution in [1.82, 2.24) is 0 Å². The second-order valence-electron chi connectivity index (χ2n) is 6.55. The van der Waals surface area contributed by atoms with Crippen LogP contribution in [0.15, 0.2) is 42.5 Å². The highest BCUT2D eigenvalue weighted by Gasteiger charge is 2.38. The molecule has 1 fully saturated rings. The van der Waals surface area contributed by atoms with Crippen LogP contribution in [0.2, 0.25) is 5.02 Å². The number of aryl methyl sites for hydroxylation is 2. The number of nitrogens with zero attached hydrogens (tertiary/aromatic N) is 2. The summed E-state index contributed by atoms with van der Waals surface area (Å²) in [6, 6.07) is 13.3. The number of carbonyl (C=O) groups is 2. The highest BCUT2D eigenvalue weighted by molar-refractivity contribution is 6.34. The molecule has 1 saturated heterocycles. The minimum absolute atomic E-state index is 0.0528. The number of benzene rings is 2. The predicted molar refractivity (Wildman–Crippen MR) is 101 cm³/mol. The first-order valence-electron chi connectivity index (χ1n) is 8.28. The molecule has 5 heteroatoms. The Kier molecular flexibility index (Phi) is 4.82. The van der Waals surface area contributed by atoms with Gasteiger partial charge in [-0.05, 0) is 43.2 Å². The van der Waals surface area contributed by atoms with Crippen LogP contribution < -0.4 is 9.80 Å². The summed E-state index contributed by atoms with van der Waals surface area (Å²) in [5, 5.41) is 0.551. The summed E-state index contributed by atoms with van der Waals surface area (Å²) in [5.74, 6) is -0.480. The molecule has 0 aliphatic carbocycles. The van der Waals surface area contributed by atoms with Crippen molar-refractivity contribution in [3.8, 4) is 0 Å². The maximum Gasteiger partial charge on any atom is 0.232 e. The number of halogens is 1. The Morgan fingerprint density at radius 2 is 1.88 bits per heavy atom. The Bertz CT molecular complexity index is 797. The van der Waals surface area contributed by atoms with Crippen LogP contribution in [0, 0.1) is 19.8 Å². The van der Waals surface area contributed by atoms with Gasteiger partial charge in [-0.2, -0.15) is 0 Å². The van der Waals surface area contributed by atoms with Crippen LogP contribution in [-0.4, -0.2) is 25.4 Å². The van der Waals surface area contributed by atoms with E-state index < -0.39 is 0 Å². The number of para-hydroxylation sites is 1. The van der Waals surface area contributed by atoms with E-state index in [1.165, 1.54) is 0 Å². The van der Waals surface area contributed by atoms with Crippen LogP contribution in [0.4, 0.5) is 11.4 Å². The van der Waals surface area contributed by atoms with E-state index in [4.69, 9.17) is 11.6 Å². The molecule has 4 nitrogen and oxygen atoms in total. The average Bonchev–Trinajstić information content (AvgIpc) is 2.95. The maximum absolute atomic E-state index is 12.8. The van der Waals surface area contributed by atoms with E-state index in [9.17, 15) is 9.59 Å². The van der Waals surface area contributed by atoms with Gasteiger partial charge in [0.2, 0.25) is 11.8 Å². The number of anilines is 2. The van der Waals surface area contributed by atoms with E-state index in [1.807, 2.05) is 56.3 Å². The lowest BCUT2D eigenvalue weighted by Crippen LogP contribution is -2.34. The van der Waals surface area contributed by atoms with Gasteiger partial charge in [0.15, 0.2) is 0 Å². The van der Waals surface area contributed by atoms with Crippen LogP contribution in [0.3, 0.4) is 0 Å². The predicted octanol–water partition coefficient (Wildman–Crippen LogP) is 3.97. The van der Waals surface area contributed by atoms with Crippen molar-refractivity contribution >= 4 is 34.8 Å². The van der Waals surface area contributed by atoms with Gasteiger partial charge in [0.1, 0.15) is 0 Å². The number of rotatable bonds is 3. The number of hydrogen-bond acceptors (Lipinski definition) is 2. The smallest absolute Gasteiger partial charge is 0.232 e. The third kappa shape index (κ3) is 3.40. The highest BCUT2D eigenvalue weighted by atomic mass is 35.5. The van der Waals surface area contributed by atoms with Gasteiger partial charge in [-0.25, -0.2) is 0 Å². The van der Waals surface area contributed by atoms with E-state index >= 15 is 0 Å². The lowest BCUT2D eigenvalue weighted by atomic mass is 10.1. The SMILES string of the molecule is Cc1cc(C)c(N2CC(C(=O)N(C)c3ccccc3)CC2=O)c(Cl)c1. The van der Waals surface area contributed by atoms with Crippen LogP contribution in [0.1, 0.15) is 17.5 Å². The van der Waals surface area contributed by atoms with Crippen molar-refractivity contribution in [3.63, 3.8) is 0 Å². The molecule has 1 aliphatic rings. The Hall–Kier alpha value is -2.33. The van der Waals surface area contributed by atoms with Gasteiger partial charge >= 0.3 is 0 Å². The van der Waals surface area contributed by atoms with Crippen LogP contribution >= 0.6 is 11.6 Å². The molecule has 0 N–H and O–H groups in total. The van der Waals surface area contributed by atoms with Gasteiger partial charge in [0.05, 0.1) is 16.6 Å². The molecule has 0 aromatic heterocycles. The lowest BCUT2D eigenvalue weighted by molar-refractivity contribution is -0.124. The van der Waals surface area contributed by atoms with Crippen LogP contribution in [0.25, 0.3) is 0 Å². The molecule has 0 radical (unpaired) electrons. The Morgan fingerprint density at radius 1 is 1.20 bits per heavy atom. The maximum atomic E-state index is 12.8. The third-order valence-electron chi connectivity index (χ3n) is 4.62. The summed E-state index contributed by atoms with van der Waals surface area (Å²) in [4.78, 5) is 28.6. The lowest BCUT2D eigenvalue weighted by Gasteiger charge is -2.23. The van der Waals surface area contributed by atoms with E-state index in [1.54, 1.807) is 16.8 Å². The molecule has 2 aromatic carbocycles. The second kappa shape index (κ2) is 6.89. The van der Waals surface area contributed by atoms with E-state index in [2.05, 4.69) is 0 Å². The van der Waals surface area contributed by atoms with Gasteiger partial charge in [-0.15, -0.1) is 0 Å². The normalized spacial score (nSPS) is 17.0. The molecular weight excluding hydrogens is 336 g/mol. The fourth-order valence-electron chi connectivity index (χ4n) is 3.39. The molecule has 0 bridgehead atoms. The highest BCUT2D eigenvalue weighted by Crippen LogP contribution is 2.35. The van der Waals surface area contributed by atoms with Crippen molar-refractivity contribution in [3.05, 3.63) is 58.6 Å². The third-order valence-corrected chi connectivity index (χ3v) is 4.90. The summed E-state index contributed by atoms with van der Waals surface area (Å²) in [7, 11) is 1.74. The Labute approximate surface area is 153 Å². The molecule has 0 saturated carbocycles. The largest absolute Gasteiger partial charge is 0.315 e. The summed E-state index contributed by atoms with van der Waals surface area (Å²) < 4.78 is 0. The van der Waals surface area contributed by atoms with E-state index in [0.717, 1.165) is 22.5 Å². The van der Waals surface area contributed by atoms with Gasteiger partial charge in [0, 0.05) is 25.7 Å². The standard InChI is InChI=1S/C20H21ClN2O2/c1-13-9-14(2)19(17(21)10-13)23-12-15(11-18(23)24)20(25)22(3)16-7-5-4-6-8-16/h4-10,15H,11-12H2,1-3H3. The zero-order valence-electron chi connectivity index (χ0n) is 14.6. The molecule has 3 rings (SSSR count). The zero-order valence-corrected chi connectivity index (χ0v) is 15.4. The molecule has 2 aromatic rings. The van der Waals surface area contributed by atoms with Crippen molar-refractivity contribution < 1.29 is 9.59 Å². The van der Waals surface area contributed by atoms with Crippen molar-refractivity contribution in [1.29, 1.82) is 0 Å². The topological polar surface area (TPSA) is 40.6 Å². The first-order chi connectivity index (χ1) is 11.9. The van der Waals surface area contributed by atoms with E-state index in [-0.39, 0.29) is 24.2 Å². The van der Waals surface area contributed by atoms with Crippen molar-refractivity contribution in [2.75, 3.05) is 23.4 Å². The van der Waals surface area contributed by atoms with Crippen LogP contribution in [-0.2, 0) is 9.59 Å². The summed E-state index contributed by atoms with van der Waals surface area (Å²) in [5.41, 5.74) is 3.54. The summed E-state index contributed by atoms with van der Waals surface area (Å²) in [6.45, 7) is 4.26. The van der Waals surface area contributed by atoms with Gasteiger partial charge < -0.3 is 9.80 Å². The Morgan fingerprint density at radius 3 is 2.52 bits per heavy atom. The summed E-state index contributed by atoms with van der Waals surface area (Å²) in [6.07, 6.45) is 0.208. The van der Waals surface area contributed by atoms with Gasteiger partial charge in [-0.3, -0.25) is 9.59 Å². The zero-order chi connectivity index (χ0) is 18.1. The first-order valence-corrected chi connectivity index (χ1v) is 8.66. The fraction of sp³-hybridized carbons (Fsp3) is 0.300. The van der Waals surface area contributed by atoms with Crippen LogP contribution in [0.5, 0.6) is 0 Å². The average molecular weight is 357 g/mol. The number of hydrogen-bond donors (Lipinski definition) is 0. The number of amides is 2. The molecule has 0 spiro atoms. The van der Waals surface area contributed by atoms with E-state index in [0.29, 0.717) is 11.6 Å². The quantitative estimate of drug-likeness (QED) is 0.834. The van der Waals surface area contributed by atoms with Crippen molar-refractivity contribution in [2.45, 2.75) is 20.3 Å². The monoisotopic (exact) mass is 356 g/mol. The van der Waals surface area contributed by atoms with Gasteiger partial charge in [-0.1, -0.05) is 35.9 Å². The minimum atomic E-state index is -0.366. The molecular formula is C20H21ClN2O2. The molecule has 2 amide bonds. The molecule has 1 aliphatic heterocycles. The molecule has 130 valence electrons.